The number of hydrogen-bond donors (Lipinski definition) is 0. The molecule has 0 aliphatic carbocycles. The fraction of sp³-hybridized carbons (Fsp3) is 0.368. The molecule has 0 saturated heterocycles. The lowest BCUT2D eigenvalue weighted by molar-refractivity contribution is 0.0698. The fourth-order valence-electron chi connectivity index (χ4n) is 2.94. The van der Waals surface area contributed by atoms with Crippen LogP contribution in [0.25, 0.3) is 11.0 Å². The maximum absolute atomic E-state index is 12.8. The van der Waals surface area contributed by atoms with E-state index in [1.54, 1.807) is 11.0 Å². The molecule has 3 aromatic rings. The van der Waals surface area contributed by atoms with Gasteiger partial charge in [-0.25, -0.2) is 4.98 Å². The van der Waals surface area contributed by atoms with Gasteiger partial charge in [-0.15, -0.1) is 0 Å². The van der Waals surface area contributed by atoms with Crippen LogP contribution in [0.4, 0.5) is 0 Å². The lowest BCUT2D eigenvalue weighted by atomic mass is 9.97. The van der Waals surface area contributed by atoms with Gasteiger partial charge in [0.15, 0.2) is 11.7 Å². The lowest BCUT2D eigenvalue weighted by Gasteiger charge is -2.24. The van der Waals surface area contributed by atoms with Crippen molar-refractivity contribution in [3.05, 3.63) is 53.4 Å². The van der Waals surface area contributed by atoms with Crippen LogP contribution < -0.4 is 0 Å². The highest BCUT2D eigenvalue weighted by molar-refractivity contribution is 5.96. The van der Waals surface area contributed by atoms with Crippen LogP contribution in [0.5, 0.6) is 0 Å². The molecule has 0 spiro atoms. The number of rotatable bonds is 1. The van der Waals surface area contributed by atoms with Crippen molar-refractivity contribution in [2.24, 2.45) is 0 Å². The zero-order valence-corrected chi connectivity index (χ0v) is 14.1. The minimum atomic E-state index is -0.134. The van der Waals surface area contributed by atoms with Gasteiger partial charge < -0.3 is 13.7 Å². The van der Waals surface area contributed by atoms with Gasteiger partial charge in [0.05, 0.1) is 6.54 Å². The first-order valence-electron chi connectivity index (χ1n) is 8.19. The van der Waals surface area contributed by atoms with Crippen molar-refractivity contribution >= 4 is 16.9 Å². The molecule has 2 aromatic heterocycles. The maximum Gasteiger partial charge on any atom is 0.289 e. The smallest absolute Gasteiger partial charge is 0.289 e. The molecule has 124 valence electrons. The van der Waals surface area contributed by atoms with Crippen molar-refractivity contribution in [2.45, 2.75) is 39.2 Å². The van der Waals surface area contributed by atoms with Gasteiger partial charge in [-0.3, -0.25) is 4.79 Å². The molecule has 4 rings (SSSR count). The lowest BCUT2D eigenvalue weighted by Crippen LogP contribution is -2.35. The Morgan fingerprint density at radius 2 is 2.00 bits per heavy atom. The molecule has 24 heavy (non-hydrogen) atoms. The summed E-state index contributed by atoms with van der Waals surface area (Å²) in [4.78, 5) is 19.1. The molecule has 0 unspecified atom stereocenters. The molecule has 1 amide bonds. The van der Waals surface area contributed by atoms with Gasteiger partial charge >= 0.3 is 0 Å². The van der Waals surface area contributed by atoms with Gasteiger partial charge in [0.25, 0.3) is 5.91 Å². The summed E-state index contributed by atoms with van der Waals surface area (Å²) in [5.41, 5.74) is 1.45. The second-order valence-corrected chi connectivity index (χ2v) is 7.26. The number of benzene rings is 1. The SMILES string of the molecule is CC(C)(C)c1nc2c(o1)CCN(C(=O)c1cc3ccccc3o1)C2. The van der Waals surface area contributed by atoms with E-state index in [0.29, 0.717) is 25.3 Å². The van der Waals surface area contributed by atoms with Crippen molar-refractivity contribution in [2.75, 3.05) is 6.54 Å². The summed E-state index contributed by atoms with van der Waals surface area (Å²) in [7, 11) is 0. The summed E-state index contributed by atoms with van der Waals surface area (Å²) in [6.45, 7) is 7.29. The van der Waals surface area contributed by atoms with E-state index in [0.717, 1.165) is 28.3 Å². The molecular weight excluding hydrogens is 304 g/mol. The minimum absolute atomic E-state index is 0.0999. The van der Waals surface area contributed by atoms with Crippen molar-refractivity contribution in [1.29, 1.82) is 0 Å². The number of furan rings is 1. The van der Waals surface area contributed by atoms with Gasteiger partial charge in [-0.1, -0.05) is 39.0 Å². The monoisotopic (exact) mass is 324 g/mol. The minimum Gasteiger partial charge on any atom is -0.451 e. The molecule has 0 saturated carbocycles. The summed E-state index contributed by atoms with van der Waals surface area (Å²) in [6, 6.07) is 9.45. The number of hydrogen-bond acceptors (Lipinski definition) is 4. The third kappa shape index (κ3) is 2.50. The quantitative estimate of drug-likeness (QED) is 0.681. The average molecular weight is 324 g/mol. The topological polar surface area (TPSA) is 59.5 Å². The van der Waals surface area contributed by atoms with Gasteiger partial charge in [-0.05, 0) is 12.1 Å². The van der Waals surface area contributed by atoms with E-state index in [4.69, 9.17) is 8.83 Å². The second-order valence-electron chi connectivity index (χ2n) is 7.26. The summed E-state index contributed by atoms with van der Waals surface area (Å²) in [5, 5.41) is 0.940. The van der Waals surface area contributed by atoms with Crippen molar-refractivity contribution in [1.82, 2.24) is 9.88 Å². The molecule has 1 aliphatic rings. The molecular formula is C19H20N2O3. The Kier molecular flexibility index (Phi) is 3.27. The van der Waals surface area contributed by atoms with E-state index in [-0.39, 0.29) is 11.3 Å². The Hall–Kier alpha value is -2.56. The van der Waals surface area contributed by atoms with E-state index in [9.17, 15) is 4.79 Å². The predicted octanol–water partition coefficient (Wildman–Crippen LogP) is 3.92. The van der Waals surface area contributed by atoms with E-state index in [1.165, 1.54) is 0 Å². The van der Waals surface area contributed by atoms with Crippen LogP contribution >= 0.6 is 0 Å². The van der Waals surface area contributed by atoms with Crippen molar-refractivity contribution in [3.63, 3.8) is 0 Å². The number of amides is 1. The molecule has 5 nitrogen and oxygen atoms in total. The van der Waals surface area contributed by atoms with Crippen LogP contribution in [0.2, 0.25) is 0 Å². The third-order valence-corrected chi connectivity index (χ3v) is 4.29. The van der Waals surface area contributed by atoms with Crippen molar-refractivity contribution < 1.29 is 13.6 Å². The summed E-state index contributed by atoms with van der Waals surface area (Å²) >= 11 is 0. The van der Waals surface area contributed by atoms with Gasteiger partial charge in [0.1, 0.15) is 17.0 Å². The molecule has 1 aromatic carbocycles. The third-order valence-electron chi connectivity index (χ3n) is 4.29. The number of carbonyl (C=O) groups is 1. The largest absolute Gasteiger partial charge is 0.451 e. The summed E-state index contributed by atoms with van der Waals surface area (Å²) in [6.07, 6.45) is 0.685. The number of nitrogens with zero attached hydrogens (tertiary/aromatic N) is 2. The summed E-state index contributed by atoms with van der Waals surface area (Å²) < 4.78 is 11.6. The van der Waals surface area contributed by atoms with Gasteiger partial charge in [-0.2, -0.15) is 0 Å². The van der Waals surface area contributed by atoms with Gasteiger partial charge in [0.2, 0.25) is 0 Å². The van der Waals surface area contributed by atoms with Crippen LogP contribution in [0.1, 0.15) is 48.7 Å². The standard InChI is InChI=1S/C19H20N2O3/c1-19(2,3)18-20-13-11-21(9-8-15(13)24-18)17(22)16-10-12-6-4-5-7-14(12)23-16/h4-7,10H,8-9,11H2,1-3H3. The van der Waals surface area contributed by atoms with Gasteiger partial charge in [0, 0.05) is 23.8 Å². The first-order valence-corrected chi connectivity index (χ1v) is 8.19. The zero-order valence-electron chi connectivity index (χ0n) is 14.1. The number of carbonyl (C=O) groups excluding carboxylic acids is 1. The number of oxazole rings is 1. The normalized spacial score (nSPS) is 14.9. The van der Waals surface area contributed by atoms with Crippen LogP contribution in [0, 0.1) is 0 Å². The molecule has 0 N–H and O–H groups in total. The molecule has 3 heterocycles. The van der Waals surface area contributed by atoms with E-state index in [1.807, 2.05) is 24.3 Å². The average Bonchev–Trinajstić information content (AvgIpc) is 3.16. The van der Waals surface area contributed by atoms with E-state index in [2.05, 4.69) is 25.8 Å². The van der Waals surface area contributed by atoms with Crippen LogP contribution in [0.3, 0.4) is 0 Å². The molecule has 0 fully saturated rings. The second kappa shape index (κ2) is 5.23. The predicted molar refractivity (Wildman–Crippen MR) is 89.9 cm³/mol. The molecule has 0 atom stereocenters. The number of aromatic nitrogens is 1. The Morgan fingerprint density at radius 3 is 2.75 bits per heavy atom. The first-order chi connectivity index (χ1) is 11.4. The van der Waals surface area contributed by atoms with Crippen LogP contribution in [0.15, 0.2) is 39.2 Å². The Labute approximate surface area is 140 Å². The Bertz CT molecular complexity index is 881. The van der Waals surface area contributed by atoms with Crippen LogP contribution in [-0.2, 0) is 18.4 Å². The first kappa shape index (κ1) is 15.0. The van der Waals surface area contributed by atoms with Crippen LogP contribution in [-0.4, -0.2) is 22.3 Å². The molecule has 5 heteroatoms. The Morgan fingerprint density at radius 1 is 1.21 bits per heavy atom. The zero-order chi connectivity index (χ0) is 16.9. The number of para-hydroxylation sites is 1. The fourth-order valence-corrected chi connectivity index (χ4v) is 2.94. The summed E-state index contributed by atoms with van der Waals surface area (Å²) in [5.74, 6) is 1.90. The Balaban J connectivity index is 1.59. The highest BCUT2D eigenvalue weighted by Crippen LogP contribution is 2.28. The van der Waals surface area contributed by atoms with Crippen molar-refractivity contribution in [3.8, 4) is 0 Å². The molecule has 1 aliphatic heterocycles. The number of fused-ring (bicyclic) bond motifs is 2. The molecule has 0 radical (unpaired) electrons. The maximum atomic E-state index is 12.8. The van der Waals surface area contributed by atoms with E-state index >= 15 is 0 Å². The van der Waals surface area contributed by atoms with E-state index < -0.39 is 0 Å². The molecule has 0 bridgehead atoms. The highest BCUT2D eigenvalue weighted by atomic mass is 16.4. The highest BCUT2D eigenvalue weighted by Gasteiger charge is 2.30.